The summed E-state index contributed by atoms with van der Waals surface area (Å²) in [5.74, 6) is 0.0198. The summed E-state index contributed by atoms with van der Waals surface area (Å²) in [7, 11) is -3.59. The fourth-order valence-electron chi connectivity index (χ4n) is 8.16. The summed E-state index contributed by atoms with van der Waals surface area (Å²) in [5, 5.41) is 0.769. The zero-order valence-electron chi connectivity index (χ0n) is 35.0. The number of benzene rings is 4. The smallest absolute Gasteiger partial charge is 0.368 e. The molecular formula is C49H55FNO7P. The number of ether oxygens (including phenoxy) is 3. The number of esters is 1. The van der Waals surface area contributed by atoms with Crippen LogP contribution in [0.1, 0.15) is 102 Å². The third-order valence-electron chi connectivity index (χ3n) is 10.7. The second-order valence-electron chi connectivity index (χ2n) is 17.2. The third kappa shape index (κ3) is 9.71. The highest BCUT2D eigenvalue weighted by Gasteiger charge is 2.49. The van der Waals surface area contributed by atoms with Crippen LogP contribution in [0.25, 0.3) is 28.1 Å². The van der Waals surface area contributed by atoms with Gasteiger partial charge in [0.1, 0.15) is 23.3 Å². The average Bonchev–Trinajstić information content (AvgIpc) is 4.04. The minimum atomic E-state index is -3.59. The van der Waals surface area contributed by atoms with E-state index in [1.165, 1.54) is 12.1 Å². The molecular weight excluding hydrogens is 765 g/mol. The van der Waals surface area contributed by atoms with Gasteiger partial charge in [0.05, 0.1) is 35.9 Å². The van der Waals surface area contributed by atoms with Crippen molar-refractivity contribution in [1.82, 2.24) is 4.98 Å². The van der Waals surface area contributed by atoms with Crippen LogP contribution >= 0.6 is 7.60 Å². The van der Waals surface area contributed by atoms with Crippen molar-refractivity contribution in [1.29, 1.82) is 0 Å². The van der Waals surface area contributed by atoms with Crippen molar-refractivity contribution in [2.75, 3.05) is 6.35 Å². The predicted molar refractivity (Wildman–Crippen MR) is 231 cm³/mol. The van der Waals surface area contributed by atoms with Crippen molar-refractivity contribution in [3.63, 3.8) is 0 Å². The Morgan fingerprint density at radius 1 is 0.864 bits per heavy atom. The van der Waals surface area contributed by atoms with Crippen LogP contribution in [0, 0.1) is 11.2 Å². The first-order valence-corrected chi connectivity index (χ1v) is 22.4. The number of hydrogen-bond donors (Lipinski definition) is 0. The fraction of sp³-hybridized carbons (Fsp3) is 0.388. The quantitative estimate of drug-likeness (QED) is 0.0761. The second kappa shape index (κ2) is 17.5. The number of carbonyl (C=O) groups excluding carboxylic acids is 1. The first-order chi connectivity index (χ1) is 28.1. The summed E-state index contributed by atoms with van der Waals surface area (Å²) >= 11 is 0. The molecule has 2 heterocycles. The average molecular weight is 820 g/mol. The SMILES string of the molecule is CC(C)OP(=O)(COc1ccc2nc(C3CC3)c(/C=C/[C@@H]3C[C@@H](OC(c4ccccc4)(c4ccccc4)C(C)(C)C)CC(=O)O3)c(-c3ccc(F)cc3)c2c1)OC(C)C. The molecule has 10 heteroatoms. The maximum atomic E-state index is 14.4. The maximum Gasteiger partial charge on any atom is 0.368 e. The van der Waals surface area contributed by atoms with E-state index in [4.69, 9.17) is 28.2 Å². The zero-order chi connectivity index (χ0) is 42.0. The molecule has 0 unspecified atom stereocenters. The number of halogens is 1. The van der Waals surface area contributed by atoms with Gasteiger partial charge in [-0.15, -0.1) is 0 Å². The molecule has 0 amide bonds. The Hall–Kier alpha value is -4.66. The first kappa shape index (κ1) is 42.5. The van der Waals surface area contributed by atoms with Crippen LogP contribution in [0.2, 0.25) is 0 Å². The van der Waals surface area contributed by atoms with Gasteiger partial charge in [0, 0.05) is 28.9 Å². The number of carbonyl (C=O) groups is 1. The first-order valence-electron chi connectivity index (χ1n) is 20.6. The monoisotopic (exact) mass is 819 g/mol. The lowest BCUT2D eigenvalue weighted by molar-refractivity contribution is -0.181. The molecule has 59 heavy (non-hydrogen) atoms. The Balaban J connectivity index is 1.27. The summed E-state index contributed by atoms with van der Waals surface area (Å²) in [5.41, 5.74) is 4.92. The van der Waals surface area contributed by atoms with Gasteiger partial charge >= 0.3 is 13.6 Å². The van der Waals surface area contributed by atoms with E-state index in [9.17, 15) is 13.8 Å². The minimum Gasteiger partial charge on any atom is -0.481 e. The molecule has 1 aliphatic heterocycles. The molecule has 2 fully saturated rings. The van der Waals surface area contributed by atoms with Crippen LogP contribution < -0.4 is 4.74 Å². The normalized spacial score (nSPS) is 17.9. The lowest BCUT2D eigenvalue weighted by Crippen LogP contribution is -2.48. The molecule has 0 bridgehead atoms. The van der Waals surface area contributed by atoms with E-state index < -0.39 is 30.8 Å². The van der Waals surface area contributed by atoms with E-state index in [1.807, 2.05) is 60.7 Å². The van der Waals surface area contributed by atoms with Gasteiger partial charge in [-0.2, -0.15) is 0 Å². The van der Waals surface area contributed by atoms with E-state index >= 15 is 0 Å². The van der Waals surface area contributed by atoms with E-state index in [1.54, 1.807) is 45.9 Å². The van der Waals surface area contributed by atoms with Crippen molar-refractivity contribution >= 4 is 30.5 Å². The summed E-state index contributed by atoms with van der Waals surface area (Å²) in [6.45, 7) is 13.7. The molecule has 0 N–H and O–H groups in total. The van der Waals surface area contributed by atoms with Crippen LogP contribution in [-0.2, 0) is 33.5 Å². The highest BCUT2D eigenvalue weighted by atomic mass is 31.2. The summed E-state index contributed by atoms with van der Waals surface area (Å²) in [4.78, 5) is 18.6. The van der Waals surface area contributed by atoms with E-state index in [0.717, 1.165) is 57.3 Å². The van der Waals surface area contributed by atoms with Gasteiger partial charge in [-0.25, -0.2) is 4.39 Å². The Bertz CT molecular complexity index is 2270. The number of pyridine rings is 1. The number of fused-ring (bicyclic) bond motifs is 1. The highest BCUT2D eigenvalue weighted by molar-refractivity contribution is 7.53. The summed E-state index contributed by atoms with van der Waals surface area (Å²) in [6, 6.07) is 32.4. The standard InChI is InChI=1S/C49H55FNO7P/c1-32(2)57-59(53,58-33(3)4)31-54-39-25-27-44-43(29-39)46(34-20-22-38(50)23-21-34)42(47(51-44)35-18-19-35)26-24-40-28-41(30-45(52)55-40)56-49(48(5,6)7,36-14-10-8-11-15-36)37-16-12-9-13-17-37/h8-17,20-27,29,32-33,35,40-41H,18-19,28,30-31H2,1-7H3/b26-24+/t40-,41-/m1/s1. The van der Waals surface area contributed by atoms with Crippen LogP contribution in [0.5, 0.6) is 5.75 Å². The minimum absolute atomic E-state index is 0.119. The van der Waals surface area contributed by atoms with Gasteiger partial charge < -0.3 is 23.3 Å². The zero-order valence-corrected chi connectivity index (χ0v) is 35.9. The Kier molecular flexibility index (Phi) is 12.6. The van der Waals surface area contributed by atoms with Crippen molar-refractivity contribution < 1.29 is 37.0 Å². The van der Waals surface area contributed by atoms with Crippen LogP contribution in [-0.4, -0.2) is 41.7 Å². The van der Waals surface area contributed by atoms with Crippen LogP contribution in [0.15, 0.2) is 109 Å². The molecule has 2 aliphatic rings. The van der Waals surface area contributed by atoms with Gasteiger partial charge in [0.15, 0.2) is 6.35 Å². The van der Waals surface area contributed by atoms with Crippen molar-refractivity contribution in [3.8, 4) is 16.9 Å². The highest BCUT2D eigenvalue weighted by Crippen LogP contribution is 2.52. The lowest BCUT2D eigenvalue weighted by Gasteiger charge is -2.48. The fourth-order valence-corrected chi connectivity index (χ4v) is 9.92. The summed E-state index contributed by atoms with van der Waals surface area (Å²) < 4.78 is 58.9. The van der Waals surface area contributed by atoms with Crippen molar-refractivity contribution in [2.45, 2.75) is 110 Å². The van der Waals surface area contributed by atoms with Gasteiger partial charge in [0.2, 0.25) is 0 Å². The molecule has 310 valence electrons. The molecule has 7 rings (SSSR count). The number of nitrogens with zero attached hydrogens (tertiary/aromatic N) is 1. The Morgan fingerprint density at radius 2 is 1.47 bits per heavy atom. The topological polar surface area (TPSA) is 93.2 Å². The molecule has 2 atom stereocenters. The number of cyclic esters (lactones) is 1. The van der Waals surface area contributed by atoms with Crippen molar-refractivity contribution in [2.24, 2.45) is 5.41 Å². The summed E-state index contributed by atoms with van der Waals surface area (Å²) in [6.07, 6.45) is 4.51. The number of rotatable bonds is 15. The maximum absolute atomic E-state index is 14.4. The Labute approximate surface area is 347 Å². The molecule has 1 saturated heterocycles. The van der Waals surface area contributed by atoms with Crippen LogP contribution in [0.4, 0.5) is 4.39 Å². The van der Waals surface area contributed by atoms with Gasteiger partial charge in [0.25, 0.3) is 0 Å². The molecule has 0 radical (unpaired) electrons. The molecule has 1 aromatic heterocycles. The molecule has 1 saturated carbocycles. The molecule has 8 nitrogen and oxygen atoms in total. The van der Waals surface area contributed by atoms with Crippen molar-refractivity contribution in [3.05, 3.63) is 137 Å². The molecule has 1 aliphatic carbocycles. The van der Waals surface area contributed by atoms with E-state index in [2.05, 4.69) is 45.0 Å². The lowest BCUT2D eigenvalue weighted by atomic mass is 9.68. The molecule has 5 aromatic rings. The molecule has 0 spiro atoms. The van der Waals surface area contributed by atoms with Gasteiger partial charge in [-0.1, -0.05) is 99.6 Å². The number of aromatic nitrogens is 1. The Morgan fingerprint density at radius 3 is 2.03 bits per heavy atom. The second-order valence-corrected chi connectivity index (χ2v) is 19.1. The van der Waals surface area contributed by atoms with E-state index in [-0.39, 0.29) is 42.7 Å². The predicted octanol–water partition coefficient (Wildman–Crippen LogP) is 12.4. The van der Waals surface area contributed by atoms with Gasteiger partial charge in [-0.3, -0.25) is 14.3 Å². The third-order valence-corrected chi connectivity index (χ3v) is 12.6. The molecule has 4 aromatic carbocycles. The largest absolute Gasteiger partial charge is 0.481 e. The number of hydrogen-bond acceptors (Lipinski definition) is 8. The van der Waals surface area contributed by atoms with E-state index in [0.29, 0.717) is 12.2 Å². The van der Waals surface area contributed by atoms with Gasteiger partial charge in [-0.05, 0) is 99.0 Å². The van der Waals surface area contributed by atoms with Crippen LogP contribution in [0.3, 0.4) is 0 Å².